The fourth-order valence-corrected chi connectivity index (χ4v) is 3.31. The molecule has 0 bridgehead atoms. The molecule has 0 atom stereocenters. The summed E-state index contributed by atoms with van der Waals surface area (Å²) in [5.74, 6) is -0.896. The van der Waals surface area contributed by atoms with E-state index in [0.29, 0.717) is 25.2 Å². The van der Waals surface area contributed by atoms with Crippen molar-refractivity contribution in [3.8, 4) is 0 Å². The summed E-state index contributed by atoms with van der Waals surface area (Å²) in [4.78, 5) is 0.0453. The summed E-state index contributed by atoms with van der Waals surface area (Å²) in [6.07, 6.45) is 0.300. The van der Waals surface area contributed by atoms with Gasteiger partial charge in [0.1, 0.15) is 10.8 Å². The monoisotopic (exact) mass is 382 g/mol. The molecule has 134 valence electrons. The Morgan fingerprint density at radius 1 is 1.20 bits per heavy atom. The molecule has 0 aliphatic rings. The summed E-state index contributed by atoms with van der Waals surface area (Å²) in [5.41, 5.74) is 6.63. The molecule has 5 nitrogen and oxygen atoms in total. The van der Waals surface area contributed by atoms with Crippen molar-refractivity contribution >= 4 is 32.9 Å². The average Bonchev–Trinajstić information content (AvgIpc) is 2.57. The second-order valence-corrected chi connectivity index (χ2v) is 7.65. The molecule has 0 spiro atoms. The Labute approximate surface area is 152 Å². The van der Waals surface area contributed by atoms with Crippen molar-refractivity contribution in [1.29, 1.82) is 0 Å². The first kappa shape index (κ1) is 19.3. The molecule has 0 unspecified atom stereocenters. The van der Waals surface area contributed by atoms with Gasteiger partial charge in [-0.3, -0.25) is 4.72 Å². The summed E-state index contributed by atoms with van der Waals surface area (Å²) in [6.45, 7) is 0.710. The first-order valence-electron chi connectivity index (χ1n) is 7.59. The number of nitrogens with two attached hydrogens (primary N) is 1. The summed E-state index contributed by atoms with van der Waals surface area (Å²) in [6, 6.07) is 13.4. The van der Waals surface area contributed by atoms with Gasteiger partial charge in [0.05, 0.1) is 18.0 Å². The van der Waals surface area contributed by atoms with Crippen LogP contribution in [0, 0.1) is 5.82 Å². The maximum atomic E-state index is 13.9. The lowest BCUT2D eigenvalue weighted by Crippen LogP contribution is -2.19. The molecule has 2 aromatic rings. The number of hydrogen-bond acceptors (Lipinski definition) is 4. The van der Waals surface area contributed by atoms with Gasteiger partial charge >= 0.3 is 0 Å². The van der Waals surface area contributed by atoms with Crippen molar-refractivity contribution in [3.63, 3.8) is 0 Å². The Morgan fingerprint density at radius 2 is 1.92 bits per heavy atom. The molecule has 0 aromatic heterocycles. The molecule has 8 heteroatoms. The highest BCUT2D eigenvalue weighted by Crippen LogP contribution is 2.17. The molecular weight excluding hydrogens is 363 g/mol. The molecule has 0 fully saturated rings. The van der Waals surface area contributed by atoms with Crippen LogP contribution >= 0.6 is 12.2 Å². The summed E-state index contributed by atoms with van der Waals surface area (Å²) in [7, 11) is -3.67. The van der Waals surface area contributed by atoms with Gasteiger partial charge in [-0.05, 0) is 30.2 Å². The van der Waals surface area contributed by atoms with Gasteiger partial charge in [-0.15, -0.1) is 0 Å². The van der Waals surface area contributed by atoms with Crippen molar-refractivity contribution in [2.24, 2.45) is 5.73 Å². The highest BCUT2D eigenvalue weighted by Gasteiger charge is 2.14. The zero-order valence-corrected chi connectivity index (χ0v) is 15.1. The Bertz CT molecular complexity index is 827. The standard InChI is InChI=1S/C17H19FN2O3S2/c18-15-11-14(17(19)24)7-8-16(15)20-25(21,22)10-4-9-23-12-13-5-2-1-3-6-13/h1-3,5-8,11,20H,4,9-10,12H2,(H2,19,24). The average molecular weight is 382 g/mol. The van der Waals surface area contributed by atoms with Gasteiger partial charge in [-0.25, -0.2) is 12.8 Å². The molecule has 3 N–H and O–H groups in total. The van der Waals surface area contributed by atoms with Crippen molar-refractivity contribution in [2.45, 2.75) is 13.0 Å². The quantitative estimate of drug-likeness (QED) is 0.515. The first-order valence-corrected chi connectivity index (χ1v) is 9.65. The lowest BCUT2D eigenvalue weighted by atomic mass is 10.2. The minimum Gasteiger partial charge on any atom is -0.389 e. The minimum absolute atomic E-state index is 0.0453. The summed E-state index contributed by atoms with van der Waals surface area (Å²) >= 11 is 4.75. The topological polar surface area (TPSA) is 81.4 Å². The second-order valence-electron chi connectivity index (χ2n) is 5.37. The van der Waals surface area contributed by atoms with Gasteiger partial charge in [0.25, 0.3) is 0 Å². The van der Waals surface area contributed by atoms with E-state index in [2.05, 4.69) is 4.72 Å². The Kier molecular flexibility index (Phi) is 6.86. The predicted octanol–water partition coefficient (Wildman–Crippen LogP) is 2.81. The van der Waals surface area contributed by atoms with E-state index in [4.69, 9.17) is 22.7 Å². The fraction of sp³-hybridized carbons (Fsp3) is 0.235. The zero-order chi connectivity index (χ0) is 18.3. The number of rotatable bonds is 9. The van der Waals surface area contributed by atoms with E-state index < -0.39 is 15.8 Å². The number of anilines is 1. The van der Waals surface area contributed by atoms with Crippen LogP contribution in [0.3, 0.4) is 0 Å². The van der Waals surface area contributed by atoms with Crippen LogP contribution in [0.4, 0.5) is 10.1 Å². The second kappa shape index (κ2) is 8.89. The third-order valence-corrected chi connectivity index (χ3v) is 4.93. The largest absolute Gasteiger partial charge is 0.389 e. The van der Waals surface area contributed by atoms with E-state index in [0.717, 1.165) is 11.6 Å². The summed E-state index contributed by atoms with van der Waals surface area (Å²) < 4.78 is 45.6. The van der Waals surface area contributed by atoms with Crippen LogP contribution in [0.15, 0.2) is 48.5 Å². The number of benzene rings is 2. The third-order valence-electron chi connectivity index (χ3n) is 3.33. The molecule has 0 saturated carbocycles. The molecule has 0 amide bonds. The highest BCUT2D eigenvalue weighted by molar-refractivity contribution is 7.92. The smallest absolute Gasteiger partial charge is 0.232 e. The highest BCUT2D eigenvalue weighted by atomic mass is 32.2. The van der Waals surface area contributed by atoms with Crippen LogP contribution < -0.4 is 10.5 Å². The van der Waals surface area contributed by atoms with Crippen molar-refractivity contribution in [3.05, 3.63) is 65.5 Å². The van der Waals surface area contributed by atoms with E-state index in [1.165, 1.54) is 12.1 Å². The van der Waals surface area contributed by atoms with Crippen molar-refractivity contribution in [1.82, 2.24) is 0 Å². The number of thiocarbonyl (C=S) groups is 1. The fourth-order valence-electron chi connectivity index (χ4n) is 2.08. The first-order chi connectivity index (χ1) is 11.9. The maximum Gasteiger partial charge on any atom is 0.232 e. The van der Waals surface area contributed by atoms with Crippen LogP contribution in [-0.2, 0) is 21.4 Å². The molecule has 0 heterocycles. The van der Waals surface area contributed by atoms with E-state index in [9.17, 15) is 12.8 Å². The molecule has 0 aliphatic carbocycles. The van der Waals surface area contributed by atoms with Crippen molar-refractivity contribution in [2.75, 3.05) is 17.1 Å². The third kappa shape index (κ3) is 6.41. The van der Waals surface area contributed by atoms with E-state index in [1.807, 2.05) is 30.3 Å². The van der Waals surface area contributed by atoms with Crippen LogP contribution in [0.5, 0.6) is 0 Å². The van der Waals surface area contributed by atoms with E-state index >= 15 is 0 Å². The lowest BCUT2D eigenvalue weighted by molar-refractivity contribution is 0.122. The van der Waals surface area contributed by atoms with Gasteiger partial charge in [0.15, 0.2) is 0 Å². The number of hydrogen-bond donors (Lipinski definition) is 2. The Morgan fingerprint density at radius 3 is 2.56 bits per heavy atom. The van der Waals surface area contributed by atoms with Gasteiger partial charge in [0, 0.05) is 12.2 Å². The minimum atomic E-state index is -3.67. The normalized spacial score (nSPS) is 11.2. The molecule has 0 saturated heterocycles. The van der Waals surface area contributed by atoms with Gasteiger partial charge in [0.2, 0.25) is 10.0 Å². The predicted molar refractivity (Wildman–Crippen MR) is 100 cm³/mol. The van der Waals surface area contributed by atoms with Crippen LogP contribution in [-0.4, -0.2) is 25.8 Å². The van der Waals surface area contributed by atoms with Gasteiger partial charge in [-0.2, -0.15) is 0 Å². The van der Waals surface area contributed by atoms with E-state index in [-0.39, 0.29) is 16.4 Å². The van der Waals surface area contributed by atoms with E-state index in [1.54, 1.807) is 0 Å². The zero-order valence-electron chi connectivity index (χ0n) is 13.4. The maximum absolute atomic E-state index is 13.9. The Balaban J connectivity index is 1.80. The molecule has 0 radical (unpaired) electrons. The molecule has 0 aliphatic heterocycles. The molecule has 2 rings (SSSR count). The number of halogens is 1. The summed E-state index contributed by atoms with van der Waals surface area (Å²) in [5, 5.41) is 0. The molecular formula is C17H19FN2O3S2. The number of nitrogens with one attached hydrogen (secondary N) is 1. The van der Waals surface area contributed by atoms with Crippen LogP contribution in [0.2, 0.25) is 0 Å². The number of sulfonamides is 1. The molecule has 25 heavy (non-hydrogen) atoms. The SMILES string of the molecule is NC(=S)c1ccc(NS(=O)(=O)CCCOCc2ccccc2)c(F)c1. The van der Waals surface area contributed by atoms with Gasteiger partial charge < -0.3 is 10.5 Å². The number of ether oxygens (including phenoxy) is 1. The molecule has 2 aromatic carbocycles. The lowest BCUT2D eigenvalue weighted by Gasteiger charge is -2.10. The van der Waals surface area contributed by atoms with Gasteiger partial charge in [-0.1, -0.05) is 42.5 Å². The Hall–Kier alpha value is -2.03. The van der Waals surface area contributed by atoms with Crippen LogP contribution in [0.1, 0.15) is 17.5 Å². The van der Waals surface area contributed by atoms with Crippen LogP contribution in [0.25, 0.3) is 0 Å². The van der Waals surface area contributed by atoms with Crippen molar-refractivity contribution < 1.29 is 17.5 Å².